The summed E-state index contributed by atoms with van der Waals surface area (Å²) in [5.41, 5.74) is 0. The van der Waals surface area contributed by atoms with Crippen LogP contribution >= 0.6 is 24.4 Å². The predicted molar refractivity (Wildman–Crippen MR) is 65.0 cm³/mol. The third kappa shape index (κ3) is 7.14. The monoisotopic (exact) mass is 236 g/mol. The predicted octanol–water partition coefficient (Wildman–Crippen LogP) is 0.113. The minimum Gasteiger partial charge on any atom is -0.383 e. The van der Waals surface area contributed by atoms with E-state index in [0.29, 0.717) is 36.3 Å². The Morgan fingerprint density at radius 3 is 1.57 bits per heavy atom. The van der Waals surface area contributed by atoms with Crippen LogP contribution in [0.3, 0.4) is 0 Å². The number of thiocarbonyl (C=S) groups is 2. The van der Waals surface area contributed by atoms with Crippen molar-refractivity contribution in [1.82, 2.24) is 10.6 Å². The number of methoxy groups -OCH3 is 2. The van der Waals surface area contributed by atoms with Crippen molar-refractivity contribution in [3.05, 3.63) is 0 Å². The number of ether oxygens (including phenoxy) is 2. The zero-order valence-electron chi connectivity index (χ0n) is 8.46. The smallest absolute Gasteiger partial charge is 0.134 e. The van der Waals surface area contributed by atoms with E-state index in [0.717, 1.165) is 0 Å². The Bertz CT molecular complexity index is 168. The lowest BCUT2D eigenvalue weighted by Crippen LogP contribution is -2.39. The summed E-state index contributed by atoms with van der Waals surface area (Å²) < 4.78 is 9.73. The Morgan fingerprint density at radius 1 is 0.929 bits per heavy atom. The Kier molecular flexibility index (Phi) is 9.06. The van der Waals surface area contributed by atoms with Gasteiger partial charge in [-0.3, -0.25) is 0 Å². The van der Waals surface area contributed by atoms with Gasteiger partial charge in [0.15, 0.2) is 0 Å². The van der Waals surface area contributed by atoms with Gasteiger partial charge in [0.05, 0.1) is 13.2 Å². The lowest BCUT2D eigenvalue weighted by molar-refractivity contribution is 0.203. The minimum atomic E-state index is 0.549. The van der Waals surface area contributed by atoms with Crippen LogP contribution in [0.25, 0.3) is 0 Å². The van der Waals surface area contributed by atoms with Gasteiger partial charge >= 0.3 is 0 Å². The fraction of sp³-hybridized carbons (Fsp3) is 0.750. The summed E-state index contributed by atoms with van der Waals surface area (Å²) in [4.78, 5) is 1.10. The third-order valence-corrected chi connectivity index (χ3v) is 2.22. The summed E-state index contributed by atoms with van der Waals surface area (Å²) in [5.74, 6) is 0. The van der Waals surface area contributed by atoms with Crippen molar-refractivity contribution in [2.75, 3.05) is 40.5 Å². The van der Waals surface area contributed by atoms with Gasteiger partial charge in [-0.05, 0) is 0 Å². The van der Waals surface area contributed by atoms with E-state index in [-0.39, 0.29) is 0 Å². The van der Waals surface area contributed by atoms with E-state index < -0.39 is 0 Å². The van der Waals surface area contributed by atoms with Crippen LogP contribution in [-0.4, -0.2) is 50.5 Å². The van der Waals surface area contributed by atoms with Crippen LogP contribution in [0.2, 0.25) is 0 Å². The van der Waals surface area contributed by atoms with E-state index in [4.69, 9.17) is 33.9 Å². The summed E-state index contributed by atoms with van der Waals surface area (Å²) in [6, 6.07) is 0. The van der Waals surface area contributed by atoms with Crippen molar-refractivity contribution in [3.8, 4) is 0 Å². The molecule has 0 aliphatic carbocycles. The summed E-state index contributed by atoms with van der Waals surface area (Å²) in [6.07, 6.45) is 0. The average Bonchev–Trinajstić information content (AvgIpc) is 2.18. The highest BCUT2D eigenvalue weighted by Gasteiger charge is 2.01. The van der Waals surface area contributed by atoms with Crippen LogP contribution in [-0.2, 0) is 9.47 Å². The number of rotatable bonds is 6. The second kappa shape index (κ2) is 9.26. The molecular weight excluding hydrogens is 220 g/mol. The van der Waals surface area contributed by atoms with Crippen LogP contribution in [0, 0.1) is 0 Å². The molecule has 0 aromatic heterocycles. The molecule has 0 heterocycles. The maximum absolute atomic E-state index is 5.03. The molecule has 0 aliphatic heterocycles. The summed E-state index contributed by atoms with van der Waals surface area (Å²) in [7, 11) is 3.28. The molecule has 0 atom stereocenters. The van der Waals surface area contributed by atoms with Crippen molar-refractivity contribution in [1.29, 1.82) is 0 Å². The lowest BCUT2D eigenvalue weighted by Gasteiger charge is -2.10. The van der Waals surface area contributed by atoms with Gasteiger partial charge in [0.25, 0.3) is 0 Å². The van der Waals surface area contributed by atoms with Crippen LogP contribution in [0.5, 0.6) is 0 Å². The largest absolute Gasteiger partial charge is 0.383 e. The summed E-state index contributed by atoms with van der Waals surface area (Å²) >= 11 is 10.1. The molecule has 0 aliphatic rings. The standard InChI is InChI=1S/C8H16N2O2S2/c1-11-5-3-9-7(13)8(14)10-4-6-12-2/h3-6H2,1-2H3,(H,9,13)(H,10,14). The van der Waals surface area contributed by atoms with Gasteiger partial charge in [-0.2, -0.15) is 0 Å². The van der Waals surface area contributed by atoms with E-state index in [1.165, 1.54) is 0 Å². The quantitative estimate of drug-likeness (QED) is 0.504. The Hall–Kier alpha value is -0.300. The van der Waals surface area contributed by atoms with Gasteiger partial charge in [0, 0.05) is 27.3 Å². The first-order chi connectivity index (χ1) is 6.72. The molecule has 0 radical (unpaired) electrons. The third-order valence-electron chi connectivity index (χ3n) is 1.39. The maximum Gasteiger partial charge on any atom is 0.134 e. The normalized spacial score (nSPS) is 9.57. The molecule has 0 unspecified atom stereocenters. The molecule has 6 heteroatoms. The molecule has 14 heavy (non-hydrogen) atoms. The van der Waals surface area contributed by atoms with Gasteiger partial charge < -0.3 is 20.1 Å². The summed E-state index contributed by atoms with van der Waals surface area (Å²) in [5, 5.41) is 5.94. The molecule has 0 amide bonds. The molecule has 0 spiro atoms. The van der Waals surface area contributed by atoms with Gasteiger partial charge in [-0.15, -0.1) is 0 Å². The van der Waals surface area contributed by atoms with Gasteiger partial charge in [0.1, 0.15) is 9.98 Å². The SMILES string of the molecule is COCCNC(=S)C(=S)NCCOC. The zero-order chi connectivity index (χ0) is 10.8. The molecule has 0 aromatic carbocycles. The lowest BCUT2D eigenvalue weighted by atomic mass is 10.5. The molecule has 0 bridgehead atoms. The van der Waals surface area contributed by atoms with E-state index in [9.17, 15) is 0 Å². The Morgan fingerprint density at radius 2 is 1.29 bits per heavy atom. The summed E-state index contributed by atoms with van der Waals surface area (Å²) in [6.45, 7) is 2.56. The van der Waals surface area contributed by atoms with Gasteiger partial charge in [0.2, 0.25) is 0 Å². The maximum atomic E-state index is 5.03. The first kappa shape index (κ1) is 13.7. The van der Waals surface area contributed by atoms with E-state index in [2.05, 4.69) is 10.6 Å². The first-order valence-corrected chi connectivity index (χ1v) is 5.08. The zero-order valence-corrected chi connectivity index (χ0v) is 10.1. The topological polar surface area (TPSA) is 42.5 Å². The molecule has 82 valence electrons. The van der Waals surface area contributed by atoms with Gasteiger partial charge in [-0.25, -0.2) is 0 Å². The fourth-order valence-corrected chi connectivity index (χ4v) is 1.04. The molecule has 2 N–H and O–H groups in total. The van der Waals surface area contributed by atoms with Crippen molar-refractivity contribution in [2.45, 2.75) is 0 Å². The van der Waals surface area contributed by atoms with Crippen LogP contribution in [0.15, 0.2) is 0 Å². The van der Waals surface area contributed by atoms with Crippen molar-refractivity contribution >= 4 is 34.4 Å². The van der Waals surface area contributed by atoms with Crippen LogP contribution in [0.1, 0.15) is 0 Å². The van der Waals surface area contributed by atoms with Crippen molar-refractivity contribution in [3.63, 3.8) is 0 Å². The molecular formula is C8H16N2O2S2. The molecule has 0 aromatic rings. The molecule has 0 saturated carbocycles. The van der Waals surface area contributed by atoms with E-state index >= 15 is 0 Å². The second-order valence-corrected chi connectivity index (χ2v) is 3.31. The molecule has 0 saturated heterocycles. The minimum absolute atomic E-state index is 0.549. The molecule has 0 rings (SSSR count). The first-order valence-electron chi connectivity index (χ1n) is 4.26. The second-order valence-electron chi connectivity index (χ2n) is 2.50. The average molecular weight is 236 g/mol. The Labute approximate surface area is 95.3 Å². The van der Waals surface area contributed by atoms with Crippen LogP contribution in [0.4, 0.5) is 0 Å². The highest BCUT2D eigenvalue weighted by Crippen LogP contribution is 1.79. The molecule has 0 fully saturated rings. The van der Waals surface area contributed by atoms with E-state index in [1.54, 1.807) is 14.2 Å². The number of nitrogens with one attached hydrogen (secondary N) is 2. The highest BCUT2D eigenvalue weighted by molar-refractivity contribution is 7.89. The van der Waals surface area contributed by atoms with Crippen LogP contribution < -0.4 is 10.6 Å². The highest BCUT2D eigenvalue weighted by atomic mass is 32.1. The van der Waals surface area contributed by atoms with Crippen molar-refractivity contribution < 1.29 is 9.47 Å². The number of hydrogen-bond donors (Lipinski definition) is 2. The van der Waals surface area contributed by atoms with Gasteiger partial charge in [-0.1, -0.05) is 24.4 Å². The van der Waals surface area contributed by atoms with Crippen molar-refractivity contribution in [2.24, 2.45) is 0 Å². The molecule has 4 nitrogen and oxygen atoms in total. The number of hydrogen-bond acceptors (Lipinski definition) is 4. The Balaban J connectivity index is 3.50. The van der Waals surface area contributed by atoms with E-state index in [1.807, 2.05) is 0 Å². The fourth-order valence-electron chi connectivity index (χ4n) is 0.694.